The molecule has 1 aliphatic rings. The smallest absolute Gasteiger partial charge is 0.116 e. The largest absolute Gasteiger partial charge is 0.508 e. The highest BCUT2D eigenvalue weighted by Crippen LogP contribution is 2.36. The molecule has 0 radical (unpaired) electrons. The Hall–Kier alpha value is -2.33. The van der Waals surface area contributed by atoms with Crippen molar-refractivity contribution in [2.24, 2.45) is 0 Å². The lowest BCUT2D eigenvalue weighted by Crippen LogP contribution is -2.24. The van der Waals surface area contributed by atoms with E-state index in [-0.39, 0.29) is 24.8 Å². The minimum Gasteiger partial charge on any atom is -0.508 e. The molecule has 1 N–H and O–H groups in total. The van der Waals surface area contributed by atoms with E-state index in [1.54, 1.807) is 6.07 Å². The highest BCUT2D eigenvalue weighted by atomic mass is 35.5. The number of phenols is 1. The molecular weight excluding hydrogens is 427 g/mol. The maximum Gasteiger partial charge on any atom is 0.116 e. The Labute approximate surface area is 197 Å². The van der Waals surface area contributed by atoms with Crippen molar-refractivity contribution in [1.29, 1.82) is 0 Å². The Kier molecular flexibility index (Phi) is 9.57. The van der Waals surface area contributed by atoms with Gasteiger partial charge in [0.25, 0.3) is 0 Å². The number of hydrogen-bond acceptors (Lipinski definition) is 3. The van der Waals surface area contributed by atoms with E-state index in [0.717, 1.165) is 50.0 Å². The highest BCUT2D eigenvalue weighted by Gasteiger charge is 2.19. The molecule has 0 saturated heterocycles. The van der Waals surface area contributed by atoms with Crippen LogP contribution >= 0.6 is 24.8 Å². The van der Waals surface area contributed by atoms with Crippen LogP contribution in [-0.2, 0) is 12.8 Å². The van der Waals surface area contributed by atoms with E-state index in [0.29, 0.717) is 5.75 Å². The normalized spacial score (nSPS) is 13.1. The molecule has 3 aromatic rings. The van der Waals surface area contributed by atoms with E-state index < -0.39 is 0 Å². The zero-order valence-electron chi connectivity index (χ0n) is 17.8. The molecule has 0 aliphatic heterocycles. The van der Waals surface area contributed by atoms with Crippen LogP contribution in [0.2, 0.25) is 0 Å². The number of phenolic OH excluding ortho intramolecular Hbond substituents is 1. The molecule has 3 nitrogen and oxygen atoms in total. The minimum atomic E-state index is 0. The predicted molar refractivity (Wildman–Crippen MR) is 133 cm³/mol. The van der Waals surface area contributed by atoms with Crippen LogP contribution in [-0.4, -0.2) is 35.1 Å². The van der Waals surface area contributed by atoms with Gasteiger partial charge in [0.15, 0.2) is 0 Å². The maximum absolute atomic E-state index is 10.1. The number of aromatic nitrogens is 1. The topological polar surface area (TPSA) is 36.4 Å². The Bertz CT molecular complexity index is 1010. The molecule has 31 heavy (non-hydrogen) atoms. The summed E-state index contributed by atoms with van der Waals surface area (Å²) in [4.78, 5) is 6.84. The van der Waals surface area contributed by atoms with Gasteiger partial charge < -0.3 is 10.0 Å². The molecule has 5 heteroatoms. The second kappa shape index (κ2) is 11.9. The molecule has 164 valence electrons. The van der Waals surface area contributed by atoms with Crippen LogP contribution in [0.25, 0.3) is 5.57 Å². The van der Waals surface area contributed by atoms with Crippen molar-refractivity contribution in [3.8, 4) is 5.75 Å². The van der Waals surface area contributed by atoms with Gasteiger partial charge in [-0.2, -0.15) is 0 Å². The van der Waals surface area contributed by atoms with Crippen LogP contribution in [0.15, 0.2) is 78.5 Å². The monoisotopic (exact) mass is 456 g/mol. The molecule has 0 atom stereocenters. The predicted octanol–water partition coefficient (Wildman–Crippen LogP) is 5.94. The Balaban J connectivity index is 0.00000171. The number of rotatable bonds is 6. The van der Waals surface area contributed by atoms with Gasteiger partial charge in [0.05, 0.1) is 0 Å². The van der Waals surface area contributed by atoms with Crippen LogP contribution in [0, 0.1) is 0 Å². The zero-order valence-corrected chi connectivity index (χ0v) is 19.5. The maximum atomic E-state index is 10.1. The van der Waals surface area contributed by atoms with E-state index in [2.05, 4.69) is 53.3 Å². The molecule has 0 amide bonds. The van der Waals surface area contributed by atoms with E-state index >= 15 is 0 Å². The van der Waals surface area contributed by atoms with Gasteiger partial charge in [-0.1, -0.05) is 42.5 Å². The summed E-state index contributed by atoms with van der Waals surface area (Å²) >= 11 is 0. The summed E-state index contributed by atoms with van der Waals surface area (Å²) in [5.41, 5.74) is 7.68. The zero-order chi connectivity index (χ0) is 20.1. The lowest BCUT2D eigenvalue weighted by molar-refractivity contribution is 0.362. The molecule has 0 spiro atoms. The van der Waals surface area contributed by atoms with Crippen LogP contribution in [0.3, 0.4) is 0 Å². The van der Waals surface area contributed by atoms with Gasteiger partial charge in [-0.05, 0) is 78.4 Å². The van der Waals surface area contributed by atoms with Crippen molar-refractivity contribution >= 4 is 30.4 Å². The summed E-state index contributed by atoms with van der Waals surface area (Å²) in [6, 6.07) is 22.5. The number of hydrogen-bond donors (Lipinski definition) is 1. The average molecular weight is 457 g/mol. The minimum absolute atomic E-state index is 0. The summed E-state index contributed by atoms with van der Waals surface area (Å²) in [6.07, 6.45) is 6.14. The molecule has 1 heterocycles. The highest BCUT2D eigenvalue weighted by molar-refractivity contribution is 5.86. The fraction of sp³-hybridized carbons (Fsp3) is 0.269. The van der Waals surface area contributed by atoms with Gasteiger partial charge in [-0.25, -0.2) is 0 Å². The molecule has 1 aliphatic carbocycles. The number of fused-ring (bicyclic) bond motifs is 1. The first-order chi connectivity index (χ1) is 14.2. The third kappa shape index (κ3) is 6.33. The number of benzene rings is 2. The van der Waals surface area contributed by atoms with E-state index in [4.69, 9.17) is 0 Å². The molecule has 1 aromatic heterocycles. The van der Waals surface area contributed by atoms with Crippen LogP contribution < -0.4 is 0 Å². The van der Waals surface area contributed by atoms with Gasteiger partial charge in [-0.15, -0.1) is 24.8 Å². The second-order valence-electron chi connectivity index (χ2n) is 7.85. The third-order valence-corrected chi connectivity index (χ3v) is 5.64. The van der Waals surface area contributed by atoms with E-state index in [1.165, 1.54) is 22.3 Å². The summed E-state index contributed by atoms with van der Waals surface area (Å²) in [5.74, 6) is 0.319. The Morgan fingerprint density at radius 3 is 2.52 bits per heavy atom. The molecule has 2 aromatic carbocycles. The van der Waals surface area contributed by atoms with Gasteiger partial charge in [0.1, 0.15) is 5.75 Å². The van der Waals surface area contributed by atoms with Gasteiger partial charge >= 0.3 is 0 Å². The first-order valence-electron chi connectivity index (χ1n) is 10.4. The molecule has 0 fully saturated rings. The number of likely N-dealkylation sites (N-methyl/N-ethyl adjacent to an activating group) is 1. The van der Waals surface area contributed by atoms with Crippen molar-refractivity contribution < 1.29 is 5.11 Å². The van der Waals surface area contributed by atoms with Crippen molar-refractivity contribution in [3.05, 3.63) is 101 Å². The summed E-state index contributed by atoms with van der Waals surface area (Å²) in [6.45, 7) is 1.89. The Morgan fingerprint density at radius 1 is 0.935 bits per heavy atom. The molecular formula is C26H30Cl2N2O. The lowest BCUT2D eigenvalue weighted by atomic mass is 9.90. The number of nitrogens with zero attached hydrogens (tertiary/aromatic N) is 2. The number of aryl methyl sites for hydroxylation is 1. The fourth-order valence-electron chi connectivity index (χ4n) is 4.23. The average Bonchev–Trinajstić information content (AvgIpc) is 2.92. The molecule has 0 saturated carbocycles. The second-order valence-corrected chi connectivity index (χ2v) is 7.85. The summed E-state index contributed by atoms with van der Waals surface area (Å²) in [5, 5.41) is 10.1. The SMILES string of the molecule is CN(CCc1ccccn1)CC1=C(c2cccc(O)c2)c2ccccc2CCC1.Cl.Cl. The van der Waals surface area contributed by atoms with Crippen molar-refractivity contribution in [1.82, 2.24) is 9.88 Å². The molecule has 4 rings (SSSR count). The number of pyridine rings is 1. The number of halogens is 2. The molecule has 0 bridgehead atoms. The van der Waals surface area contributed by atoms with Gasteiger partial charge in [-0.3, -0.25) is 4.98 Å². The first kappa shape index (κ1) is 24.9. The fourth-order valence-corrected chi connectivity index (χ4v) is 4.23. The van der Waals surface area contributed by atoms with Crippen molar-refractivity contribution in [3.63, 3.8) is 0 Å². The van der Waals surface area contributed by atoms with Crippen molar-refractivity contribution in [2.45, 2.75) is 25.7 Å². The summed E-state index contributed by atoms with van der Waals surface area (Å²) < 4.78 is 0. The van der Waals surface area contributed by atoms with Crippen LogP contribution in [0.1, 0.15) is 35.2 Å². The van der Waals surface area contributed by atoms with Gasteiger partial charge in [0.2, 0.25) is 0 Å². The lowest BCUT2D eigenvalue weighted by Gasteiger charge is -2.22. The first-order valence-corrected chi connectivity index (χ1v) is 10.4. The van der Waals surface area contributed by atoms with E-state index in [1.807, 2.05) is 30.5 Å². The van der Waals surface area contributed by atoms with Crippen LogP contribution in [0.5, 0.6) is 5.75 Å². The van der Waals surface area contributed by atoms with Crippen LogP contribution in [0.4, 0.5) is 0 Å². The number of aromatic hydroxyl groups is 1. The molecule has 0 unspecified atom stereocenters. The standard InChI is InChI=1S/C26H28N2O.2ClH/c1-28(17-15-23-12-4-5-16-27-23)19-22-11-6-9-20-8-2-3-14-25(20)26(22)21-10-7-13-24(29)18-21;;/h2-5,7-8,10,12-14,16,18,29H,6,9,11,15,17,19H2,1H3;2*1H. The van der Waals surface area contributed by atoms with Crippen molar-refractivity contribution in [2.75, 3.05) is 20.1 Å². The third-order valence-electron chi connectivity index (χ3n) is 5.64. The summed E-state index contributed by atoms with van der Waals surface area (Å²) in [7, 11) is 2.19. The van der Waals surface area contributed by atoms with E-state index in [9.17, 15) is 5.11 Å². The van der Waals surface area contributed by atoms with Gasteiger partial charge in [0, 0.05) is 31.4 Å². The quantitative estimate of drug-likeness (QED) is 0.498. The Morgan fingerprint density at radius 2 is 1.74 bits per heavy atom.